The molecule has 1 saturated heterocycles. The van der Waals surface area contributed by atoms with Gasteiger partial charge in [-0.15, -0.1) is 0 Å². The largest absolute Gasteiger partial charge is 0.459 e. The quantitative estimate of drug-likeness (QED) is 0.615. The van der Waals surface area contributed by atoms with Gasteiger partial charge in [0.05, 0.1) is 6.26 Å². The number of nitrogens with one attached hydrogen (secondary N) is 3. The predicted molar refractivity (Wildman–Crippen MR) is 111 cm³/mol. The molecule has 3 N–H and O–H groups in total. The SMILES string of the molecule is CC(C(=O)NCc1cccc(NC(=O)c2ccco2)c1)N1C(=O)NC2(CCCC2)C1=O. The summed E-state index contributed by atoms with van der Waals surface area (Å²) in [6.07, 6.45) is 4.40. The molecular weight excluding hydrogens is 400 g/mol. The summed E-state index contributed by atoms with van der Waals surface area (Å²) in [6.45, 7) is 1.73. The fourth-order valence-electron chi connectivity index (χ4n) is 4.12. The molecule has 9 nitrogen and oxygen atoms in total. The molecule has 4 rings (SSSR count). The normalized spacial score (nSPS) is 18.2. The van der Waals surface area contributed by atoms with Gasteiger partial charge >= 0.3 is 6.03 Å². The number of carbonyl (C=O) groups is 4. The van der Waals surface area contributed by atoms with Gasteiger partial charge in [0, 0.05) is 12.2 Å². The van der Waals surface area contributed by atoms with E-state index in [4.69, 9.17) is 4.42 Å². The summed E-state index contributed by atoms with van der Waals surface area (Å²) in [5.74, 6) is -0.927. The molecule has 1 saturated carbocycles. The number of nitrogens with zero attached hydrogens (tertiary/aromatic N) is 1. The third-order valence-corrected chi connectivity index (χ3v) is 5.81. The van der Waals surface area contributed by atoms with Gasteiger partial charge < -0.3 is 20.4 Å². The maximum atomic E-state index is 12.8. The molecule has 0 bridgehead atoms. The van der Waals surface area contributed by atoms with Gasteiger partial charge in [0.1, 0.15) is 11.6 Å². The fourth-order valence-corrected chi connectivity index (χ4v) is 4.12. The molecule has 162 valence electrons. The zero-order valence-electron chi connectivity index (χ0n) is 17.1. The van der Waals surface area contributed by atoms with E-state index in [9.17, 15) is 19.2 Å². The minimum absolute atomic E-state index is 0.183. The second-order valence-electron chi connectivity index (χ2n) is 7.92. The average Bonchev–Trinajstić information content (AvgIpc) is 3.49. The Hall–Kier alpha value is -3.62. The lowest BCUT2D eigenvalue weighted by Crippen LogP contribution is -2.49. The van der Waals surface area contributed by atoms with Crippen LogP contribution in [0.4, 0.5) is 10.5 Å². The van der Waals surface area contributed by atoms with Gasteiger partial charge in [-0.05, 0) is 49.6 Å². The van der Waals surface area contributed by atoms with E-state index in [-0.39, 0.29) is 24.1 Å². The van der Waals surface area contributed by atoms with Crippen LogP contribution in [0.3, 0.4) is 0 Å². The Morgan fingerprint density at radius 3 is 2.68 bits per heavy atom. The first-order chi connectivity index (χ1) is 14.9. The number of benzene rings is 1. The molecule has 2 aromatic rings. The van der Waals surface area contributed by atoms with Gasteiger partial charge in [-0.2, -0.15) is 0 Å². The molecule has 5 amide bonds. The van der Waals surface area contributed by atoms with Crippen LogP contribution in [0.25, 0.3) is 0 Å². The van der Waals surface area contributed by atoms with Crippen molar-refractivity contribution in [3.8, 4) is 0 Å². The van der Waals surface area contributed by atoms with Crippen LogP contribution < -0.4 is 16.0 Å². The van der Waals surface area contributed by atoms with Crippen LogP contribution in [0.5, 0.6) is 0 Å². The summed E-state index contributed by atoms with van der Waals surface area (Å²) >= 11 is 0. The van der Waals surface area contributed by atoms with Crippen molar-refractivity contribution in [2.24, 2.45) is 0 Å². The molecule has 1 aliphatic carbocycles. The summed E-state index contributed by atoms with van der Waals surface area (Å²) in [5, 5.41) is 8.27. The number of hydrogen-bond donors (Lipinski definition) is 3. The highest BCUT2D eigenvalue weighted by atomic mass is 16.3. The molecule has 1 atom stereocenters. The highest BCUT2D eigenvalue weighted by Gasteiger charge is 2.54. The van der Waals surface area contributed by atoms with E-state index >= 15 is 0 Å². The van der Waals surface area contributed by atoms with Crippen molar-refractivity contribution < 1.29 is 23.6 Å². The Morgan fingerprint density at radius 2 is 1.97 bits per heavy atom. The number of rotatable bonds is 6. The van der Waals surface area contributed by atoms with Crippen molar-refractivity contribution in [2.75, 3.05) is 5.32 Å². The van der Waals surface area contributed by atoms with Gasteiger partial charge in [-0.25, -0.2) is 9.69 Å². The van der Waals surface area contributed by atoms with Gasteiger partial charge in [-0.3, -0.25) is 14.4 Å². The fraction of sp³-hybridized carbons (Fsp3) is 0.364. The lowest BCUT2D eigenvalue weighted by atomic mass is 9.97. The number of urea groups is 1. The zero-order valence-corrected chi connectivity index (χ0v) is 17.1. The third kappa shape index (κ3) is 4.03. The molecule has 0 radical (unpaired) electrons. The Labute approximate surface area is 179 Å². The van der Waals surface area contributed by atoms with Crippen LogP contribution in [0.2, 0.25) is 0 Å². The summed E-state index contributed by atoms with van der Waals surface area (Å²) in [7, 11) is 0. The molecule has 1 unspecified atom stereocenters. The first-order valence-corrected chi connectivity index (χ1v) is 10.3. The Balaban J connectivity index is 1.36. The van der Waals surface area contributed by atoms with E-state index in [1.807, 2.05) is 0 Å². The van der Waals surface area contributed by atoms with E-state index < -0.39 is 23.5 Å². The molecule has 1 aromatic carbocycles. The first-order valence-electron chi connectivity index (χ1n) is 10.3. The van der Waals surface area contributed by atoms with Crippen LogP contribution >= 0.6 is 0 Å². The number of furan rings is 1. The van der Waals surface area contributed by atoms with Crippen LogP contribution in [-0.4, -0.2) is 40.2 Å². The molecular formula is C22H24N4O5. The Kier molecular flexibility index (Phi) is 5.50. The van der Waals surface area contributed by atoms with Crippen LogP contribution in [0, 0.1) is 0 Å². The Morgan fingerprint density at radius 1 is 1.19 bits per heavy atom. The summed E-state index contributed by atoms with van der Waals surface area (Å²) < 4.78 is 5.07. The van der Waals surface area contributed by atoms with Crippen molar-refractivity contribution in [3.05, 3.63) is 54.0 Å². The van der Waals surface area contributed by atoms with Crippen molar-refractivity contribution in [1.82, 2.24) is 15.5 Å². The lowest BCUT2D eigenvalue weighted by molar-refractivity contribution is -0.137. The van der Waals surface area contributed by atoms with Crippen LogP contribution in [0.1, 0.15) is 48.7 Å². The lowest BCUT2D eigenvalue weighted by Gasteiger charge is -2.23. The minimum atomic E-state index is -0.922. The molecule has 1 spiro atoms. The predicted octanol–water partition coefficient (Wildman–Crippen LogP) is 2.40. The molecule has 1 aromatic heterocycles. The second kappa shape index (κ2) is 8.25. The third-order valence-electron chi connectivity index (χ3n) is 5.81. The monoisotopic (exact) mass is 424 g/mol. The maximum absolute atomic E-state index is 12.8. The number of carbonyl (C=O) groups excluding carboxylic acids is 4. The van der Waals surface area contributed by atoms with Crippen LogP contribution in [0.15, 0.2) is 47.1 Å². The van der Waals surface area contributed by atoms with Gasteiger partial charge in [0.2, 0.25) is 5.91 Å². The molecule has 31 heavy (non-hydrogen) atoms. The standard InChI is InChI=1S/C22H24N4O5/c1-14(26-20(29)22(25-21(26)30)9-2-3-10-22)18(27)23-13-15-6-4-7-16(12-15)24-19(28)17-8-5-11-31-17/h4-8,11-12,14H,2-3,9-10,13H2,1H3,(H,23,27)(H,24,28)(H,25,30). The van der Waals surface area contributed by atoms with Gasteiger partial charge in [0.15, 0.2) is 5.76 Å². The van der Waals surface area contributed by atoms with E-state index in [0.717, 1.165) is 23.3 Å². The minimum Gasteiger partial charge on any atom is -0.459 e. The topological polar surface area (TPSA) is 121 Å². The van der Waals surface area contributed by atoms with E-state index in [1.165, 1.54) is 6.26 Å². The number of amides is 5. The smallest absolute Gasteiger partial charge is 0.325 e. The highest BCUT2D eigenvalue weighted by molar-refractivity contribution is 6.10. The van der Waals surface area contributed by atoms with E-state index in [2.05, 4.69) is 16.0 Å². The highest BCUT2D eigenvalue weighted by Crippen LogP contribution is 2.35. The summed E-state index contributed by atoms with van der Waals surface area (Å²) in [4.78, 5) is 51.0. The molecule has 2 aliphatic rings. The molecule has 1 aliphatic heterocycles. The number of anilines is 1. The van der Waals surface area contributed by atoms with Gasteiger partial charge in [0.25, 0.3) is 11.8 Å². The van der Waals surface area contributed by atoms with Crippen molar-refractivity contribution in [2.45, 2.75) is 50.7 Å². The van der Waals surface area contributed by atoms with Crippen molar-refractivity contribution in [3.63, 3.8) is 0 Å². The van der Waals surface area contributed by atoms with Crippen LogP contribution in [-0.2, 0) is 16.1 Å². The Bertz CT molecular complexity index is 1010. The summed E-state index contributed by atoms with van der Waals surface area (Å²) in [5.41, 5.74) is 0.465. The summed E-state index contributed by atoms with van der Waals surface area (Å²) in [6, 6.07) is 8.76. The second-order valence-corrected chi connectivity index (χ2v) is 7.92. The maximum Gasteiger partial charge on any atom is 0.325 e. The molecule has 2 fully saturated rings. The number of hydrogen-bond acceptors (Lipinski definition) is 5. The zero-order chi connectivity index (χ0) is 22.0. The van der Waals surface area contributed by atoms with Gasteiger partial charge in [-0.1, -0.05) is 25.0 Å². The molecule has 9 heteroatoms. The van der Waals surface area contributed by atoms with Crippen molar-refractivity contribution >= 4 is 29.4 Å². The van der Waals surface area contributed by atoms with E-state index in [0.29, 0.717) is 18.5 Å². The van der Waals surface area contributed by atoms with E-state index in [1.54, 1.807) is 43.3 Å². The number of imide groups is 1. The molecule has 2 heterocycles. The first kappa shape index (κ1) is 20.6. The average molecular weight is 424 g/mol. The van der Waals surface area contributed by atoms with Crippen molar-refractivity contribution in [1.29, 1.82) is 0 Å².